The van der Waals surface area contributed by atoms with E-state index in [4.69, 9.17) is 16.3 Å². The molecule has 0 heterocycles. The predicted molar refractivity (Wildman–Crippen MR) is 101 cm³/mol. The molecule has 1 rings (SSSR count). The maximum atomic E-state index is 5.86. The van der Waals surface area contributed by atoms with Crippen molar-refractivity contribution in [1.82, 2.24) is 10.6 Å². The van der Waals surface area contributed by atoms with Crippen LogP contribution in [0.3, 0.4) is 0 Å². The Hall–Kier alpha value is -0.530. The van der Waals surface area contributed by atoms with E-state index in [0.717, 1.165) is 43.5 Å². The molecule has 0 saturated carbocycles. The normalized spacial score (nSPS) is 10.9. The number of nitrogens with zero attached hydrogens (tertiary/aromatic N) is 1. The number of aliphatic imine (C=N–C) groups is 1. The van der Waals surface area contributed by atoms with Gasteiger partial charge in [-0.15, -0.1) is 24.0 Å². The van der Waals surface area contributed by atoms with E-state index in [2.05, 4.69) is 27.8 Å². The monoisotopic (exact) mass is 425 g/mol. The lowest BCUT2D eigenvalue weighted by Crippen LogP contribution is -2.39. The van der Waals surface area contributed by atoms with Crippen LogP contribution in [0.25, 0.3) is 0 Å². The van der Waals surface area contributed by atoms with Gasteiger partial charge in [0.05, 0.1) is 6.61 Å². The van der Waals surface area contributed by atoms with Gasteiger partial charge in [0.25, 0.3) is 0 Å². The van der Waals surface area contributed by atoms with Gasteiger partial charge in [0.2, 0.25) is 0 Å². The van der Waals surface area contributed by atoms with Gasteiger partial charge < -0.3 is 15.4 Å². The molecule has 1 aromatic carbocycles. The number of aryl methyl sites for hydroxylation is 1. The van der Waals surface area contributed by atoms with Crippen LogP contribution in [0.4, 0.5) is 0 Å². The Morgan fingerprint density at radius 1 is 1.19 bits per heavy atom. The molecule has 2 N–H and O–H groups in total. The van der Waals surface area contributed by atoms with Crippen molar-refractivity contribution in [2.45, 2.75) is 19.8 Å². The zero-order chi connectivity index (χ0) is 14.6. The Bertz CT molecular complexity index is 398. The van der Waals surface area contributed by atoms with E-state index in [1.807, 2.05) is 19.1 Å². The van der Waals surface area contributed by atoms with E-state index in [1.165, 1.54) is 5.56 Å². The van der Waals surface area contributed by atoms with Crippen LogP contribution < -0.4 is 10.6 Å². The number of halogens is 2. The second-order valence-corrected chi connectivity index (χ2v) is 4.79. The summed E-state index contributed by atoms with van der Waals surface area (Å²) in [7, 11) is 1.77. The molecule has 0 atom stereocenters. The third-order valence-electron chi connectivity index (χ3n) is 2.81. The highest BCUT2D eigenvalue weighted by molar-refractivity contribution is 14.0. The number of hydrogen-bond donors (Lipinski definition) is 2. The van der Waals surface area contributed by atoms with E-state index >= 15 is 0 Å². The van der Waals surface area contributed by atoms with Gasteiger partial charge >= 0.3 is 0 Å². The SMILES string of the molecule is CCOCCNC(=NC)NCCCc1ccc(Cl)cc1.I. The summed E-state index contributed by atoms with van der Waals surface area (Å²) in [6.07, 6.45) is 2.08. The average Bonchev–Trinajstić information content (AvgIpc) is 2.47. The van der Waals surface area contributed by atoms with E-state index in [1.54, 1.807) is 7.05 Å². The quantitative estimate of drug-likeness (QED) is 0.291. The summed E-state index contributed by atoms with van der Waals surface area (Å²) in [5.74, 6) is 0.820. The zero-order valence-electron chi connectivity index (χ0n) is 12.7. The van der Waals surface area contributed by atoms with Crippen LogP contribution in [0.5, 0.6) is 0 Å². The molecule has 0 radical (unpaired) electrons. The van der Waals surface area contributed by atoms with Crippen molar-refractivity contribution in [2.75, 3.05) is 33.4 Å². The topological polar surface area (TPSA) is 45.6 Å². The number of hydrogen-bond acceptors (Lipinski definition) is 2. The van der Waals surface area contributed by atoms with Gasteiger partial charge in [-0.25, -0.2) is 0 Å². The first-order chi connectivity index (χ1) is 9.76. The molecule has 6 heteroatoms. The molecule has 0 amide bonds. The van der Waals surface area contributed by atoms with Crippen LogP contribution in [0.1, 0.15) is 18.9 Å². The lowest BCUT2D eigenvalue weighted by molar-refractivity contribution is 0.152. The summed E-state index contributed by atoms with van der Waals surface area (Å²) < 4.78 is 5.27. The van der Waals surface area contributed by atoms with Crippen LogP contribution in [0.2, 0.25) is 5.02 Å². The van der Waals surface area contributed by atoms with E-state index < -0.39 is 0 Å². The van der Waals surface area contributed by atoms with E-state index in [9.17, 15) is 0 Å². The molecule has 0 aliphatic rings. The van der Waals surface area contributed by atoms with Crippen molar-refractivity contribution in [1.29, 1.82) is 0 Å². The van der Waals surface area contributed by atoms with Crippen molar-refractivity contribution in [3.63, 3.8) is 0 Å². The van der Waals surface area contributed by atoms with Crippen LogP contribution in [-0.2, 0) is 11.2 Å². The first-order valence-corrected chi connectivity index (χ1v) is 7.40. The summed E-state index contributed by atoms with van der Waals surface area (Å²) in [5.41, 5.74) is 1.30. The molecule has 4 nitrogen and oxygen atoms in total. The predicted octanol–water partition coefficient (Wildman–Crippen LogP) is 3.09. The highest BCUT2D eigenvalue weighted by Crippen LogP contribution is 2.10. The van der Waals surface area contributed by atoms with E-state index in [-0.39, 0.29) is 24.0 Å². The Labute approximate surface area is 149 Å². The molecule has 1 aromatic rings. The summed E-state index contributed by atoms with van der Waals surface area (Å²) >= 11 is 5.86. The lowest BCUT2D eigenvalue weighted by Gasteiger charge is -2.11. The van der Waals surface area contributed by atoms with Gasteiger partial charge in [0.15, 0.2) is 5.96 Å². The second-order valence-electron chi connectivity index (χ2n) is 4.35. The Morgan fingerprint density at radius 3 is 2.48 bits per heavy atom. The Morgan fingerprint density at radius 2 is 1.86 bits per heavy atom. The molecule has 0 aromatic heterocycles. The van der Waals surface area contributed by atoms with Gasteiger partial charge in [-0.1, -0.05) is 23.7 Å². The van der Waals surface area contributed by atoms with Gasteiger partial charge in [0.1, 0.15) is 0 Å². The van der Waals surface area contributed by atoms with Crippen LogP contribution in [-0.4, -0.2) is 39.3 Å². The summed E-state index contributed by atoms with van der Waals surface area (Å²) in [6.45, 7) is 5.09. The molecule has 0 aliphatic carbocycles. The molecule has 120 valence electrons. The zero-order valence-corrected chi connectivity index (χ0v) is 15.8. The van der Waals surface area contributed by atoms with Gasteiger partial charge in [-0.05, 0) is 37.5 Å². The number of ether oxygens (including phenoxy) is 1. The third kappa shape index (κ3) is 9.92. The maximum absolute atomic E-state index is 5.86. The molecule has 0 saturated heterocycles. The molecule has 0 aliphatic heterocycles. The summed E-state index contributed by atoms with van der Waals surface area (Å²) in [4.78, 5) is 4.16. The maximum Gasteiger partial charge on any atom is 0.191 e. The number of nitrogens with one attached hydrogen (secondary N) is 2. The largest absolute Gasteiger partial charge is 0.380 e. The molecule has 0 spiro atoms. The fourth-order valence-corrected chi connectivity index (χ4v) is 1.88. The van der Waals surface area contributed by atoms with E-state index in [0.29, 0.717) is 6.61 Å². The highest BCUT2D eigenvalue weighted by Gasteiger charge is 1.97. The molecule has 21 heavy (non-hydrogen) atoms. The van der Waals surface area contributed by atoms with Gasteiger partial charge in [-0.3, -0.25) is 4.99 Å². The smallest absolute Gasteiger partial charge is 0.191 e. The van der Waals surface area contributed by atoms with Crippen LogP contribution >= 0.6 is 35.6 Å². The fourth-order valence-electron chi connectivity index (χ4n) is 1.76. The Kier molecular flexibility index (Phi) is 12.8. The van der Waals surface area contributed by atoms with Gasteiger partial charge in [0, 0.05) is 31.8 Å². The minimum atomic E-state index is 0. The third-order valence-corrected chi connectivity index (χ3v) is 3.07. The number of rotatable bonds is 8. The second kappa shape index (κ2) is 13.2. The standard InChI is InChI=1S/C15H24ClN3O.HI/c1-3-20-12-11-19-15(17-2)18-10-4-5-13-6-8-14(16)9-7-13;/h6-9H,3-5,10-12H2,1-2H3,(H2,17,18,19);1H. The summed E-state index contributed by atoms with van der Waals surface area (Å²) in [5, 5.41) is 7.28. The van der Waals surface area contributed by atoms with Crippen molar-refractivity contribution in [2.24, 2.45) is 4.99 Å². The Balaban J connectivity index is 0.00000400. The molecule has 0 fully saturated rings. The molecule has 0 unspecified atom stereocenters. The van der Waals surface area contributed by atoms with Crippen LogP contribution in [0, 0.1) is 0 Å². The van der Waals surface area contributed by atoms with Crippen molar-refractivity contribution in [3.8, 4) is 0 Å². The number of benzene rings is 1. The first kappa shape index (κ1) is 20.5. The van der Waals surface area contributed by atoms with Crippen molar-refractivity contribution in [3.05, 3.63) is 34.9 Å². The van der Waals surface area contributed by atoms with Crippen LogP contribution in [0.15, 0.2) is 29.3 Å². The molecule has 0 bridgehead atoms. The molecular formula is C15H25ClIN3O. The minimum Gasteiger partial charge on any atom is -0.380 e. The number of guanidine groups is 1. The average molecular weight is 426 g/mol. The van der Waals surface area contributed by atoms with Gasteiger partial charge in [-0.2, -0.15) is 0 Å². The van der Waals surface area contributed by atoms with Crippen molar-refractivity contribution < 1.29 is 4.74 Å². The first-order valence-electron chi connectivity index (χ1n) is 7.03. The minimum absolute atomic E-state index is 0. The molecular weight excluding hydrogens is 401 g/mol. The van der Waals surface area contributed by atoms with Crippen molar-refractivity contribution >= 4 is 41.5 Å². The fraction of sp³-hybridized carbons (Fsp3) is 0.533. The summed E-state index contributed by atoms with van der Waals surface area (Å²) in [6, 6.07) is 7.99. The highest BCUT2D eigenvalue weighted by atomic mass is 127. The lowest BCUT2D eigenvalue weighted by atomic mass is 10.1.